The number of carbonyl (C=O) groups excluding carboxylic acids is 1. The number of nitrogens with one attached hydrogen (secondary N) is 1. The smallest absolute Gasteiger partial charge is 0.268 e. The second kappa shape index (κ2) is 11.9. The first-order chi connectivity index (χ1) is 17.3. The van der Waals surface area contributed by atoms with Crippen LogP contribution in [0.1, 0.15) is 27.2 Å². The van der Waals surface area contributed by atoms with E-state index >= 15 is 0 Å². The molecule has 36 heavy (non-hydrogen) atoms. The van der Waals surface area contributed by atoms with Gasteiger partial charge in [-0.15, -0.1) is 0 Å². The van der Waals surface area contributed by atoms with E-state index in [-0.39, 0.29) is 33.7 Å². The Hall–Kier alpha value is -2.89. The molecule has 0 radical (unpaired) electrons. The monoisotopic (exact) mass is 564 g/mol. The van der Waals surface area contributed by atoms with Gasteiger partial charge in [-0.1, -0.05) is 59.6 Å². The summed E-state index contributed by atoms with van der Waals surface area (Å²) in [5, 5.41) is 3.29. The summed E-state index contributed by atoms with van der Waals surface area (Å²) in [5.74, 6) is -0.801. The number of hydrogen-bond acceptors (Lipinski definition) is 5. The number of hydrogen-bond donors (Lipinski definition) is 2. The molecular formula is C24H19Cl2FN4O3S2. The fourth-order valence-electron chi connectivity index (χ4n) is 3.53. The Morgan fingerprint density at radius 2 is 1.86 bits per heavy atom. The van der Waals surface area contributed by atoms with Gasteiger partial charge in [0.1, 0.15) is 11.5 Å². The number of nitrogens with zero attached hydrogens (tertiary/aromatic N) is 3. The molecule has 0 aliphatic rings. The molecule has 0 aliphatic heterocycles. The third-order valence-corrected chi connectivity index (χ3v) is 7.04. The Bertz CT molecular complexity index is 1410. The maximum Gasteiger partial charge on any atom is 0.268 e. The molecule has 4 aromatic rings. The lowest BCUT2D eigenvalue weighted by Crippen LogP contribution is -2.29. The predicted octanol–water partition coefficient (Wildman–Crippen LogP) is 5.82. The lowest BCUT2D eigenvalue weighted by molar-refractivity contribution is 0.0955. The summed E-state index contributed by atoms with van der Waals surface area (Å²) in [6.45, 7) is 0.190. The van der Waals surface area contributed by atoms with Gasteiger partial charge in [-0.3, -0.25) is 9.35 Å². The van der Waals surface area contributed by atoms with Gasteiger partial charge < -0.3 is 5.32 Å². The zero-order chi connectivity index (χ0) is 25.7. The van der Waals surface area contributed by atoms with E-state index in [0.717, 1.165) is 21.6 Å². The third kappa shape index (κ3) is 6.26. The lowest BCUT2D eigenvalue weighted by atomic mass is 10.1. The minimum atomic E-state index is -2.56. The van der Waals surface area contributed by atoms with Crippen molar-refractivity contribution >= 4 is 63.6 Å². The van der Waals surface area contributed by atoms with Gasteiger partial charge in [-0.2, -0.15) is 8.75 Å². The van der Waals surface area contributed by atoms with Crippen LogP contribution in [0.25, 0.3) is 0 Å². The summed E-state index contributed by atoms with van der Waals surface area (Å²) in [7, 11) is 0. The molecule has 186 valence electrons. The molecule has 1 unspecified atom stereocenters. The van der Waals surface area contributed by atoms with Crippen LogP contribution in [0.2, 0.25) is 10.0 Å². The highest BCUT2D eigenvalue weighted by Gasteiger charge is 2.27. The van der Waals surface area contributed by atoms with Crippen molar-refractivity contribution < 1.29 is 17.9 Å². The molecule has 0 saturated heterocycles. The van der Waals surface area contributed by atoms with E-state index in [9.17, 15) is 17.9 Å². The number of amides is 1. The van der Waals surface area contributed by atoms with E-state index < -0.39 is 23.0 Å². The Labute approximate surface area is 223 Å². The zero-order valence-electron chi connectivity index (χ0n) is 18.5. The molecule has 3 aromatic carbocycles. The molecule has 1 aromatic heterocycles. The van der Waals surface area contributed by atoms with Crippen molar-refractivity contribution in [2.24, 2.45) is 0 Å². The topological polar surface area (TPSA) is 95.4 Å². The molecule has 1 heterocycles. The van der Waals surface area contributed by atoms with Crippen molar-refractivity contribution in [3.63, 3.8) is 0 Å². The second-order valence-corrected chi connectivity index (χ2v) is 9.82. The Kier molecular flexibility index (Phi) is 8.65. The lowest BCUT2D eigenvalue weighted by Gasteiger charge is -2.21. The van der Waals surface area contributed by atoms with E-state index in [1.165, 1.54) is 30.3 Å². The number of anilines is 2. The van der Waals surface area contributed by atoms with Crippen molar-refractivity contribution in [3.05, 3.63) is 105 Å². The van der Waals surface area contributed by atoms with Crippen LogP contribution in [-0.4, -0.2) is 30.0 Å². The molecule has 0 aliphatic carbocycles. The predicted molar refractivity (Wildman–Crippen MR) is 141 cm³/mol. The molecule has 0 saturated carbocycles. The maximum absolute atomic E-state index is 13.3. The Balaban J connectivity index is 1.60. The van der Waals surface area contributed by atoms with E-state index in [2.05, 4.69) is 14.1 Å². The highest BCUT2D eigenvalue weighted by molar-refractivity contribution is 7.81. The van der Waals surface area contributed by atoms with Gasteiger partial charge >= 0.3 is 0 Å². The first kappa shape index (κ1) is 26.2. The molecule has 0 fully saturated rings. The fourth-order valence-corrected chi connectivity index (χ4v) is 5.18. The Morgan fingerprint density at radius 3 is 2.58 bits per heavy atom. The van der Waals surface area contributed by atoms with Crippen LogP contribution in [0.5, 0.6) is 0 Å². The standard InChI is InChI=1S/C24H19Cl2FN4O3S2/c25-17-7-9-22(19(13-17)24(32)28-11-10-16-6-8-18(27)14-20(16)26)31(36(33)34)23-21(29-35-30-23)12-15-4-2-1-3-5-15/h1-9,13-14H,10-12H2,(H,28,32)(H,33,34). The van der Waals surface area contributed by atoms with Crippen molar-refractivity contribution in [3.8, 4) is 0 Å². The van der Waals surface area contributed by atoms with E-state index in [1.807, 2.05) is 30.3 Å². The molecule has 1 atom stereocenters. The van der Waals surface area contributed by atoms with Gasteiger partial charge in [0, 0.05) is 23.0 Å². The van der Waals surface area contributed by atoms with Crippen LogP contribution in [0.3, 0.4) is 0 Å². The summed E-state index contributed by atoms with van der Waals surface area (Å²) in [4.78, 5) is 13.1. The number of aromatic nitrogens is 2. The molecule has 0 bridgehead atoms. The summed E-state index contributed by atoms with van der Waals surface area (Å²) < 4.78 is 45.6. The van der Waals surface area contributed by atoms with E-state index in [4.69, 9.17) is 23.2 Å². The largest absolute Gasteiger partial charge is 0.352 e. The van der Waals surface area contributed by atoms with Crippen LogP contribution in [0.4, 0.5) is 15.9 Å². The van der Waals surface area contributed by atoms with Gasteiger partial charge in [0.05, 0.1) is 23.0 Å². The van der Waals surface area contributed by atoms with Gasteiger partial charge in [-0.25, -0.2) is 12.9 Å². The fraction of sp³-hybridized carbons (Fsp3) is 0.125. The molecule has 12 heteroatoms. The van der Waals surface area contributed by atoms with Crippen molar-refractivity contribution in [1.82, 2.24) is 14.1 Å². The second-order valence-electron chi connectivity index (χ2n) is 7.63. The van der Waals surface area contributed by atoms with Crippen LogP contribution in [0, 0.1) is 5.82 Å². The minimum absolute atomic E-state index is 0.0776. The summed E-state index contributed by atoms with van der Waals surface area (Å²) in [5.41, 5.74) is 2.32. The van der Waals surface area contributed by atoms with Gasteiger partial charge in [0.25, 0.3) is 17.2 Å². The van der Waals surface area contributed by atoms with Gasteiger partial charge in [0.15, 0.2) is 5.82 Å². The maximum atomic E-state index is 13.3. The normalized spacial score (nSPS) is 11.8. The molecule has 0 spiro atoms. The highest BCUT2D eigenvalue weighted by Crippen LogP contribution is 2.34. The average molecular weight is 565 g/mol. The zero-order valence-corrected chi connectivity index (χ0v) is 21.7. The van der Waals surface area contributed by atoms with E-state index in [0.29, 0.717) is 24.1 Å². The summed E-state index contributed by atoms with van der Waals surface area (Å²) in [6.07, 6.45) is 0.738. The first-order valence-electron chi connectivity index (χ1n) is 10.6. The van der Waals surface area contributed by atoms with Crippen LogP contribution >= 0.6 is 34.9 Å². The van der Waals surface area contributed by atoms with Crippen LogP contribution in [-0.2, 0) is 24.1 Å². The SMILES string of the molecule is O=C(NCCc1ccc(F)cc1Cl)c1cc(Cl)ccc1N(c1nsnc1Cc1ccccc1)S(=O)O. The van der Waals surface area contributed by atoms with Crippen LogP contribution < -0.4 is 9.62 Å². The third-order valence-electron chi connectivity index (χ3n) is 5.22. The number of benzene rings is 3. The van der Waals surface area contributed by atoms with E-state index in [1.54, 1.807) is 6.07 Å². The molecule has 2 N–H and O–H groups in total. The number of rotatable bonds is 9. The first-order valence-corrected chi connectivity index (χ1v) is 13.2. The highest BCUT2D eigenvalue weighted by atomic mass is 35.5. The van der Waals surface area contributed by atoms with Crippen molar-refractivity contribution in [1.29, 1.82) is 0 Å². The summed E-state index contributed by atoms with van der Waals surface area (Å²) in [6, 6.07) is 17.9. The number of halogens is 3. The minimum Gasteiger partial charge on any atom is -0.352 e. The average Bonchev–Trinajstić information content (AvgIpc) is 3.29. The Morgan fingerprint density at radius 1 is 1.08 bits per heavy atom. The quantitative estimate of drug-likeness (QED) is 0.250. The molecular weight excluding hydrogens is 546 g/mol. The summed E-state index contributed by atoms with van der Waals surface area (Å²) >= 11 is 10.6. The van der Waals surface area contributed by atoms with Crippen LogP contribution in [0.15, 0.2) is 66.7 Å². The molecule has 1 amide bonds. The van der Waals surface area contributed by atoms with Gasteiger partial charge in [-0.05, 0) is 47.9 Å². The van der Waals surface area contributed by atoms with Crippen molar-refractivity contribution in [2.75, 3.05) is 10.8 Å². The van der Waals surface area contributed by atoms with Gasteiger partial charge in [0.2, 0.25) is 0 Å². The molecule has 7 nitrogen and oxygen atoms in total. The molecule has 4 rings (SSSR count). The van der Waals surface area contributed by atoms with Crippen molar-refractivity contribution in [2.45, 2.75) is 12.8 Å². The number of carbonyl (C=O) groups is 1.